The van der Waals surface area contributed by atoms with E-state index in [2.05, 4.69) is 52.0 Å². The summed E-state index contributed by atoms with van der Waals surface area (Å²) in [4.78, 5) is 0. The molecule has 0 radical (unpaired) electrons. The normalized spacial score (nSPS) is 14.9. The lowest BCUT2D eigenvalue weighted by molar-refractivity contribution is 0.329. The lowest BCUT2D eigenvalue weighted by Gasteiger charge is -2.29. The quantitative estimate of drug-likeness (QED) is 0.781. The summed E-state index contributed by atoms with van der Waals surface area (Å²) in [5.41, 5.74) is 8.94. The molecule has 1 atom stereocenters. The van der Waals surface area contributed by atoms with Crippen LogP contribution in [0.15, 0.2) is 24.3 Å². The molecule has 1 unspecified atom stereocenters. The van der Waals surface area contributed by atoms with Crippen LogP contribution in [-0.2, 0) is 12.0 Å². The Hall–Kier alpha value is -0.820. The SMILES string of the molecule is CCc1ccc(C(C)(N)CC(CC)CC)cc1. The van der Waals surface area contributed by atoms with Gasteiger partial charge in [-0.2, -0.15) is 0 Å². The Bertz CT molecular complexity index is 320. The van der Waals surface area contributed by atoms with Crippen LogP contribution in [0.25, 0.3) is 0 Å². The fourth-order valence-electron chi connectivity index (χ4n) is 2.42. The van der Waals surface area contributed by atoms with Gasteiger partial charge in [-0.3, -0.25) is 0 Å². The van der Waals surface area contributed by atoms with Crippen LogP contribution in [0.4, 0.5) is 0 Å². The van der Waals surface area contributed by atoms with Gasteiger partial charge in [-0.1, -0.05) is 57.9 Å². The number of rotatable bonds is 6. The van der Waals surface area contributed by atoms with E-state index in [1.54, 1.807) is 0 Å². The van der Waals surface area contributed by atoms with Crippen molar-refractivity contribution in [2.45, 2.75) is 58.9 Å². The van der Waals surface area contributed by atoms with Crippen LogP contribution in [-0.4, -0.2) is 0 Å². The van der Waals surface area contributed by atoms with E-state index in [9.17, 15) is 0 Å². The first-order valence-corrected chi connectivity index (χ1v) is 6.91. The van der Waals surface area contributed by atoms with Crippen LogP contribution >= 0.6 is 0 Å². The molecule has 17 heavy (non-hydrogen) atoms. The summed E-state index contributed by atoms with van der Waals surface area (Å²) < 4.78 is 0. The molecule has 0 saturated heterocycles. The van der Waals surface area contributed by atoms with E-state index in [0.717, 1.165) is 18.8 Å². The fraction of sp³-hybridized carbons (Fsp3) is 0.625. The standard InChI is InChI=1S/C16H27N/c1-5-13(6-2)12-16(4,17)15-10-8-14(7-3)9-11-15/h8-11,13H,5-7,12,17H2,1-4H3. The van der Waals surface area contributed by atoms with Gasteiger partial charge in [0.05, 0.1) is 0 Å². The third-order valence-corrected chi connectivity index (χ3v) is 3.89. The van der Waals surface area contributed by atoms with Crippen molar-refractivity contribution in [1.82, 2.24) is 0 Å². The number of benzene rings is 1. The van der Waals surface area contributed by atoms with Gasteiger partial charge in [0, 0.05) is 5.54 Å². The molecule has 0 aromatic heterocycles. The van der Waals surface area contributed by atoms with Gasteiger partial charge in [0.15, 0.2) is 0 Å². The van der Waals surface area contributed by atoms with Crippen LogP contribution in [0.2, 0.25) is 0 Å². The van der Waals surface area contributed by atoms with Gasteiger partial charge >= 0.3 is 0 Å². The molecule has 0 aliphatic heterocycles. The predicted octanol–water partition coefficient (Wildman–Crippen LogP) is 4.25. The second kappa shape index (κ2) is 6.20. The van der Waals surface area contributed by atoms with Crippen LogP contribution in [0, 0.1) is 5.92 Å². The molecule has 0 saturated carbocycles. The molecule has 1 aromatic rings. The minimum Gasteiger partial charge on any atom is -0.322 e. The molecule has 1 nitrogen and oxygen atoms in total. The summed E-state index contributed by atoms with van der Waals surface area (Å²) in [6.07, 6.45) is 4.60. The molecule has 0 spiro atoms. The third-order valence-electron chi connectivity index (χ3n) is 3.89. The van der Waals surface area contributed by atoms with Crippen LogP contribution in [0.3, 0.4) is 0 Å². The van der Waals surface area contributed by atoms with Gasteiger partial charge in [-0.15, -0.1) is 0 Å². The number of aryl methyl sites for hydroxylation is 1. The van der Waals surface area contributed by atoms with Crippen molar-refractivity contribution >= 4 is 0 Å². The molecule has 0 amide bonds. The monoisotopic (exact) mass is 233 g/mol. The average molecular weight is 233 g/mol. The first kappa shape index (κ1) is 14.2. The second-order valence-corrected chi connectivity index (χ2v) is 5.35. The van der Waals surface area contributed by atoms with Crippen LogP contribution in [0.5, 0.6) is 0 Å². The van der Waals surface area contributed by atoms with Crippen LogP contribution < -0.4 is 5.73 Å². The lowest BCUT2D eigenvalue weighted by Crippen LogP contribution is -2.35. The van der Waals surface area contributed by atoms with Crippen molar-refractivity contribution in [3.8, 4) is 0 Å². The molecule has 1 heteroatoms. The van der Waals surface area contributed by atoms with E-state index < -0.39 is 0 Å². The smallest absolute Gasteiger partial charge is 0.0383 e. The maximum absolute atomic E-state index is 6.48. The second-order valence-electron chi connectivity index (χ2n) is 5.35. The molecular weight excluding hydrogens is 206 g/mol. The summed E-state index contributed by atoms with van der Waals surface area (Å²) in [5.74, 6) is 0.732. The van der Waals surface area contributed by atoms with Gasteiger partial charge in [0.2, 0.25) is 0 Å². The minimum atomic E-state index is -0.192. The van der Waals surface area contributed by atoms with E-state index in [1.807, 2.05) is 0 Å². The van der Waals surface area contributed by atoms with E-state index in [4.69, 9.17) is 5.73 Å². The van der Waals surface area contributed by atoms with Gasteiger partial charge in [0.25, 0.3) is 0 Å². The zero-order chi connectivity index (χ0) is 12.9. The average Bonchev–Trinajstić information content (AvgIpc) is 2.36. The molecule has 0 bridgehead atoms. The molecule has 2 N–H and O–H groups in total. The summed E-state index contributed by atoms with van der Waals surface area (Å²) in [6.45, 7) is 8.85. The Morgan fingerprint density at radius 1 is 1.06 bits per heavy atom. The Labute approximate surface area is 106 Å². The highest BCUT2D eigenvalue weighted by Gasteiger charge is 2.24. The largest absolute Gasteiger partial charge is 0.322 e. The number of nitrogens with two attached hydrogens (primary N) is 1. The van der Waals surface area contributed by atoms with Crippen molar-refractivity contribution in [3.63, 3.8) is 0 Å². The van der Waals surface area contributed by atoms with Gasteiger partial charge < -0.3 is 5.73 Å². The van der Waals surface area contributed by atoms with Gasteiger partial charge in [-0.05, 0) is 36.8 Å². The Balaban J connectivity index is 2.80. The molecule has 0 aliphatic carbocycles. The predicted molar refractivity (Wildman–Crippen MR) is 76.0 cm³/mol. The topological polar surface area (TPSA) is 26.0 Å². The molecule has 1 rings (SSSR count). The van der Waals surface area contributed by atoms with Crippen molar-refractivity contribution in [2.24, 2.45) is 11.7 Å². The van der Waals surface area contributed by atoms with E-state index >= 15 is 0 Å². The fourth-order valence-corrected chi connectivity index (χ4v) is 2.42. The number of hydrogen-bond donors (Lipinski definition) is 1. The maximum atomic E-state index is 6.48. The minimum absolute atomic E-state index is 0.192. The molecular formula is C16H27N. The highest BCUT2D eigenvalue weighted by atomic mass is 14.7. The summed E-state index contributed by atoms with van der Waals surface area (Å²) in [6, 6.07) is 8.79. The first-order valence-electron chi connectivity index (χ1n) is 6.91. The van der Waals surface area contributed by atoms with E-state index in [-0.39, 0.29) is 5.54 Å². The zero-order valence-electron chi connectivity index (χ0n) is 11.8. The summed E-state index contributed by atoms with van der Waals surface area (Å²) in [7, 11) is 0. The Morgan fingerprint density at radius 3 is 2.00 bits per heavy atom. The van der Waals surface area contributed by atoms with Crippen molar-refractivity contribution < 1.29 is 0 Å². The maximum Gasteiger partial charge on any atom is 0.0383 e. The number of hydrogen-bond acceptors (Lipinski definition) is 1. The van der Waals surface area contributed by atoms with Gasteiger partial charge in [0.1, 0.15) is 0 Å². The van der Waals surface area contributed by atoms with Crippen molar-refractivity contribution in [2.75, 3.05) is 0 Å². The Kier molecular flexibility index (Phi) is 5.20. The summed E-state index contributed by atoms with van der Waals surface area (Å²) in [5, 5.41) is 0. The van der Waals surface area contributed by atoms with Crippen molar-refractivity contribution in [1.29, 1.82) is 0 Å². The molecule has 0 fully saturated rings. The van der Waals surface area contributed by atoms with E-state index in [1.165, 1.54) is 24.0 Å². The molecule has 0 aliphatic rings. The van der Waals surface area contributed by atoms with Gasteiger partial charge in [-0.25, -0.2) is 0 Å². The molecule has 96 valence electrons. The molecule has 1 aromatic carbocycles. The third kappa shape index (κ3) is 3.85. The lowest BCUT2D eigenvalue weighted by atomic mass is 9.81. The highest BCUT2D eigenvalue weighted by Crippen LogP contribution is 2.28. The first-order chi connectivity index (χ1) is 8.03. The molecule has 0 heterocycles. The van der Waals surface area contributed by atoms with Crippen molar-refractivity contribution in [3.05, 3.63) is 35.4 Å². The summed E-state index contributed by atoms with van der Waals surface area (Å²) >= 11 is 0. The zero-order valence-corrected chi connectivity index (χ0v) is 11.8. The Morgan fingerprint density at radius 2 is 1.59 bits per heavy atom. The van der Waals surface area contributed by atoms with Crippen LogP contribution in [0.1, 0.15) is 58.1 Å². The van der Waals surface area contributed by atoms with E-state index in [0.29, 0.717) is 0 Å². The highest BCUT2D eigenvalue weighted by molar-refractivity contribution is 5.27.